The predicted molar refractivity (Wildman–Crippen MR) is 62.1 cm³/mol. The average Bonchev–Trinajstić information content (AvgIpc) is 2.20. The Labute approximate surface area is 94.9 Å². The van der Waals surface area contributed by atoms with Crippen molar-refractivity contribution in [2.45, 2.75) is 33.1 Å². The van der Waals surface area contributed by atoms with Gasteiger partial charge in [0.1, 0.15) is 5.15 Å². The Hall–Kier alpha value is -1.09. The molecule has 1 aromatic rings. The van der Waals surface area contributed by atoms with Gasteiger partial charge < -0.3 is 5.32 Å². The van der Waals surface area contributed by atoms with E-state index < -0.39 is 0 Å². The SMILES string of the molecule is CCCCC(=O)Nc1cnc(Cl)c(C)c1. The van der Waals surface area contributed by atoms with Crippen LogP contribution >= 0.6 is 11.6 Å². The van der Waals surface area contributed by atoms with Crippen molar-refractivity contribution in [3.05, 3.63) is 23.0 Å². The van der Waals surface area contributed by atoms with Gasteiger partial charge in [-0.05, 0) is 25.0 Å². The van der Waals surface area contributed by atoms with Crippen molar-refractivity contribution in [1.29, 1.82) is 0 Å². The zero-order chi connectivity index (χ0) is 11.3. The maximum absolute atomic E-state index is 11.4. The molecule has 0 aliphatic heterocycles. The Morgan fingerprint density at radius 3 is 2.93 bits per heavy atom. The van der Waals surface area contributed by atoms with E-state index in [0.29, 0.717) is 17.3 Å². The predicted octanol–water partition coefficient (Wildman–Crippen LogP) is 3.17. The van der Waals surface area contributed by atoms with Gasteiger partial charge in [-0.2, -0.15) is 0 Å². The number of aromatic nitrogens is 1. The number of pyridine rings is 1. The minimum absolute atomic E-state index is 0.0281. The van der Waals surface area contributed by atoms with Gasteiger partial charge in [-0.15, -0.1) is 0 Å². The second-order valence-electron chi connectivity index (χ2n) is 3.48. The molecule has 0 bridgehead atoms. The van der Waals surface area contributed by atoms with Gasteiger partial charge in [-0.1, -0.05) is 24.9 Å². The van der Waals surface area contributed by atoms with Crippen LogP contribution in [0.2, 0.25) is 5.15 Å². The Kier molecular flexibility index (Phi) is 4.56. The van der Waals surface area contributed by atoms with E-state index in [0.717, 1.165) is 18.4 Å². The van der Waals surface area contributed by atoms with Gasteiger partial charge in [0.15, 0.2) is 0 Å². The Morgan fingerprint density at radius 1 is 1.60 bits per heavy atom. The molecular formula is C11H15ClN2O. The molecule has 0 saturated carbocycles. The molecule has 15 heavy (non-hydrogen) atoms. The first-order valence-electron chi connectivity index (χ1n) is 5.05. The number of unbranched alkanes of at least 4 members (excludes halogenated alkanes) is 1. The molecule has 1 amide bonds. The third kappa shape index (κ3) is 3.88. The third-order valence-electron chi connectivity index (χ3n) is 2.06. The first-order valence-corrected chi connectivity index (χ1v) is 5.43. The Morgan fingerprint density at radius 2 is 2.33 bits per heavy atom. The molecule has 1 aromatic heterocycles. The second kappa shape index (κ2) is 5.71. The lowest BCUT2D eigenvalue weighted by atomic mass is 10.2. The third-order valence-corrected chi connectivity index (χ3v) is 2.45. The van der Waals surface area contributed by atoms with Crippen LogP contribution in [0.3, 0.4) is 0 Å². The van der Waals surface area contributed by atoms with Crippen molar-refractivity contribution in [3.63, 3.8) is 0 Å². The standard InChI is InChI=1S/C11H15ClN2O/c1-3-4-5-10(15)14-9-6-8(2)11(12)13-7-9/h6-7H,3-5H2,1-2H3,(H,14,15). The topological polar surface area (TPSA) is 42.0 Å². The number of carbonyl (C=O) groups is 1. The van der Waals surface area contributed by atoms with E-state index in [9.17, 15) is 4.79 Å². The van der Waals surface area contributed by atoms with E-state index in [1.807, 2.05) is 13.0 Å². The van der Waals surface area contributed by atoms with Gasteiger partial charge in [0.05, 0.1) is 11.9 Å². The van der Waals surface area contributed by atoms with Crippen molar-refractivity contribution in [2.24, 2.45) is 0 Å². The highest BCUT2D eigenvalue weighted by Gasteiger charge is 2.03. The molecule has 0 spiro atoms. The van der Waals surface area contributed by atoms with Crippen LogP contribution in [0.1, 0.15) is 31.7 Å². The average molecular weight is 227 g/mol. The van der Waals surface area contributed by atoms with Crippen LogP contribution in [0.4, 0.5) is 5.69 Å². The largest absolute Gasteiger partial charge is 0.325 e. The number of nitrogens with zero attached hydrogens (tertiary/aromatic N) is 1. The highest BCUT2D eigenvalue weighted by molar-refractivity contribution is 6.30. The van der Waals surface area contributed by atoms with Gasteiger partial charge >= 0.3 is 0 Å². The van der Waals surface area contributed by atoms with Gasteiger partial charge in [0.25, 0.3) is 0 Å². The second-order valence-corrected chi connectivity index (χ2v) is 3.84. The quantitative estimate of drug-likeness (QED) is 0.802. The smallest absolute Gasteiger partial charge is 0.224 e. The summed E-state index contributed by atoms with van der Waals surface area (Å²) in [5.41, 5.74) is 1.57. The van der Waals surface area contributed by atoms with Crippen LogP contribution in [-0.2, 0) is 4.79 Å². The minimum Gasteiger partial charge on any atom is -0.325 e. The fraction of sp³-hybridized carbons (Fsp3) is 0.455. The van der Waals surface area contributed by atoms with Gasteiger partial charge in [0, 0.05) is 6.42 Å². The maximum Gasteiger partial charge on any atom is 0.224 e. The van der Waals surface area contributed by atoms with Crippen LogP contribution in [-0.4, -0.2) is 10.9 Å². The molecule has 1 heterocycles. The number of nitrogens with one attached hydrogen (secondary N) is 1. The highest BCUT2D eigenvalue weighted by Crippen LogP contribution is 2.16. The highest BCUT2D eigenvalue weighted by atomic mass is 35.5. The van der Waals surface area contributed by atoms with E-state index in [1.165, 1.54) is 0 Å². The number of aryl methyl sites for hydroxylation is 1. The lowest BCUT2D eigenvalue weighted by Gasteiger charge is -2.05. The summed E-state index contributed by atoms with van der Waals surface area (Å²) in [5.74, 6) is 0.0281. The number of hydrogen-bond acceptors (Lipinski definition) is 2. The zero-order valence-electron chi connectivity index (χ0n) is 9.01. The maximum atomic E-state index is 11.4. The van der Waals surface area contributed by atoms with Crippen molar-refractivity contribution < 1.29 is 4.79 Å². The zero-order valence-corrected chi connectivity index (χ0v) is 9.77. The molecule has 82 valence electrons. The van der Waals surface area contributed by atoms with E-state index in [1.54, 1.807) is 6.20 Å². The summed E-state index contributed by atoms with van der Waals surface area (Å²) in [4.78, 5) is 15.4. The van der Waals surface area contributed by atoms with Crippen molar-refractivity contribution in [1.82, 2.24) is 4.98 Å². The lowest BCUT2D eigenvalue weighted by molar-refractivity contribution is -0.116. The first-order chi connectivity index (χ1) is 7.13. The fourth-order valence-corrected chi connectivity index (χ4v) is 1.29. The summed E-state index contributed by atoms with van der Waals surface area (Å²) >= 11 is 5.78. The minimum atomic E-state index is 0.0281. The molecular weight excluding hydrogens is 212 g/mol. The van der Waals surface area contributed by atoms with Gasteiger partial charge in [-0.25, -0.2) is 4.98 Å². The molecule has 3 nitrogen and oxygen atoms in total. The number of amides is 1. The monoisotopic (exact) mass is 226 g/mol. The van der Waals surface area contributed by atoms with Crippen molar-refractivity contribution in [2.75, 3.05) is 5.32 Å². The molecule has 4 heteroatoms. The number of anilines is 1. The molecule has 0 unspecified atom stereocenters. The molecule has 0 atom stereocenters. The Balaban J connectivity index is 2.57. The van der Waals surface area contributed by atoms with E-state index in [2.05, 4.69) is 17.2 Å². The van der Waals surface area contributed by atoms with Gasteiger partial charge in [-0.3, -0.25) is 4.79 Å². The molecule has 0 aromatic carbocycles. The van der Waals surface area contributed by atoms with E-state index in [4.69, 9.17) is 11.6 Å². The molecule has 0 aliphatic carbocycles. The van der Waals surface area contributed by atoms with Crippen molar-refractivity contribution in [3.8, 4) is 0 Å². The van der Waals surface area contributed by atoms with Crippen molar-refractivity contribution >= 4 is 23.2 Å². The summed E-state index contributed by atoms with van der Waals surface area (Å²) in [6, 6.07) is 1.82. The summed E-state index contributed by atoms with van der Waals surface area (Å²) in [6.45, 7) is 3.91. The summed E-state index contributed by atoms with van der Waals surface area (Å²) in [7, 11) is 0. The number of halogens is 1. The van der Waals surface area contributed by atoms with Crippen LogP contribution in [0, 0.1) is 6.92 Å². The lowest BCUT2D eigenvalue weighted by Crippen LogP contribution is -2.11. The van der Waals surface area contributed by atoms with Crippen LogP contribution in [0.25, 0.3) is 0 Å². The van der Waals surface area contributed by atoms with E-state index >= 15 is 0 Å². The molecule has 0 saturated heterocycles. The van der Waals surface area contributed by atoms with E-state index in [-0.39, 0.29) is 5.91 Å². The molecule has 1 N–H and O–H groups in total. The molecule has 0 aliphatic rings. The van der Waals surface area contributed by atoms with Crippen LogP contribution < -0.4 is 5.32 Å². The van der Waals surface area contributed by atoms with Crippen LogP contribution in [0.5, 0.6) is 0 Å². The first kappa shape index (κ1) is 12.0. The number of rotatable bonds is 4. The van der Waals surface area contributed by atoms with Gasteiger partial charge in [0.2, 0.25) is 5.91 Å². The molecule has 0 radical (unpaired) electrons. The number of carbonyl (C=O) groups excluding carboxylic acids is 1. The van der Waals surface area contributed by atoms with Crippen LogP contribution in [0.15, 0.2) is 12.3 Å². The summed E-state index contributed by atoms with van der Waals surface area (Å²) < 4.78 is 0. The summed E-state index contributed by atoms with van der Waals surface area (Å²) in [5, 5.41) is 3.26. The molecule has 1 rings (SSSR count). The Bertz CT molecular complexity index is 352. The normalized spacial score (nSPS) is 10.1. The fourth-order valence-electron chi connectivity index (χ4n) is 1.19. The summed E-state index contributed by atoms with van der Waals surface area (Å²) in [6.07, 6.45) is 4.05. The number of hydrogen-bond donors (Lipinski definition) is 1. The molecule has 0 fully saturated rings.